The summed E-state index contributed by atoms with van der Waals surface area (Å²) in [6.45, 7) is 6.77. The molecule has 0 amide bonds. The van der Waals surface area contributed by atoms with Crippen molar-refractivity contribution in [3.05, 3.63) is 66.2 Å². The number of benzene rings is 2. The van der Waals surface area contributed by atoms with Gasteiger partial charge in [0.15, 0.2) is 9.84 Å². The summed E-state index contributed by atoms with van der Waals surface area (Å²) < 4.78 is 32.6. The number of hydrogen-bond donors (Lipinski definition) is 0. The normalized spacial score (nSPS) is 21.7. The van der Waals surface area contributed by atoms with Crippen molar-refractivity contribution < 1.29 is 17.9 Å². The molecule has 1 saturated heterocycles. The maximum absolute atomic E-state index is 13.7. The summed E-state index contributed by atoms with van der Waals surface area (Å²) in [6, 6.07) is 18.0. The Labute approximate surface area is 186 Å². The van der Waals surface area contributed by atoms with E-state index in [1.54, 1.807) is 24.3 Å². The number of sulfone groups is 1. The third kappa shape index (κ3) is 5.01. The van der Waals surface area contributed by atoms with Gasteiger partial charge in [-0.1, -0.05) is 62.4 Å². The van der Waals surface area contributed by atoms with Gasteiger partial charge in [0.2, 0.25) is 0 Å². The lowest BCUT2D eigenvalue weighted by atomic mass is 9.90. The van der Waals surface area contributed by atoms with Crippen LogP contribution in [0.25, 0.3) is 0 Å². The number of esters is 1. The molecule has 1 heterocycles. The van der Waals surface area contributed by atoms with Crippen molar-refractivity contribution in [1.82, 2.24) is 4.90 Å². The minimum absolute atomic E-state index is 0.0190. The first-order valence-electron chi connectivity index (χ1n) is 10.9. The van der Waals surface area contributed by atoms with Crippen LogP contribution >= 0.6 is 0 Å². The quantitative estimate of drug-likeness (QED) is 0.562. The average Bonchev–Trinajstić information content (AvgIpc) is 3.22. The summed E-state index contributed by atoms with van der Waals surface area (Å²) in [6.07, 6.45) is 1.14. The largest absolute Gasteiger partial charge is 0.468 e. The molecule has 0 bridgehead atoms. The minimum Gasteiger partial charge on any atom is -0.468 e. The lowest BCUT2D eigenvalue weighted by Gasteiger charge is -2.34. The molecule has 0 N–H and O–H groups in total. The van der Waals surface area contributed by atoms with E-state index in [0.29, 0.717) is 24.3 Å². The zero-order valence-corrected chi connectivity index (χ0v) is 19.6. The molecule has 31 heavy (non-hydrogen) atoms. The van der Waals surface area contributed by atoms with Crippen molar-refractivity contribution in [2.45, 2.75) is 55.8 Å². The average molecular weight is 444 g/mol. The number of methoxy groups -OCH3 is 1. The Hall–Kier alpha value is -2.18. The Morgan fingerprint density at radius 3 is 2.16 bits per heavy atom. The van der Waals surface area contributed by atoms with Gasteiger partial charge in [-0.2, -0.15) is 0 Å². The van der Waals surface area contributed by atoms with Crippen molar-refractivity contribution in [1.29, 1.82) is 0 Å². The van der Waals surface area contributed by atoms with Crippen LogP contribution in [0.15, 0.2) is 65.6 Å². The predicted molar refractivity (Wildman–Crippen MR) is 122 cm³/mol. The summed E-state index contributed by atoms with van der Waals surface area (Å²) in [5.74, 6) is -0.504. The highest BCUT2D eigenvalue weighted by molar-refractivity contribution is 7.92. The Morgan fingerprint density at radius 2 is 1.61 bits per heavy atom. The van der Waals surface area contributed by atoms with E-state index < -0.39 is 21.1 Å². The highest BCUT2D eigenvalue weighted by atomic mass is 32.2. The van der Waals surface area contributed by atoms with Crippen molar-refractivity contribution in [2.75, 3.05) is 13.7 Å². The van der Waals surface area contributed by atoms with E-state index in [0.717, 1.165) is 5.56 Å². The molecule has 0 spiro atoms. The van der Waals surface area contributed by atoms with Crippen LogP contribution in [0.2, 0.25) is 0 Å². The second-order valence-electron chi connectivity index (χ2n) is 8.77. The Kier molecular flexibility index (Phi) is 7.55. The van der Waals surface area contributed by atoms with E-state index >= 15 is 0 Å². The molecule has 2 aromatic rings. The molecule has 3 rings (SSSR count). The molecule has 4 atom stereocenters. The highest BCUT2D eigenvalue weighted by Gasteiger charge is 2.49. The van der Waals surface area contributed by atoms with Crippen molar-refractivity contribution in [3.8, 4) is 0 Å². The molecule has 1 fully saturated rings. The molecule has 5 nitrogen and oxygen atoms in total. The van der Waals surface area contributed by atoms with Crippen LogP contribution in [0.5, 0.6) is 0 Å². The number of carbonyl (C=O) groups excluding carboxylic acids is 1. The van der Waals surface area contributed by atoms with Gasteiger partial charge in [-0.3, -0.25) is 9.69 Å². The fourth-order valence-electron chi connectivity index (χ4n) is 4.80. The number of nitrogens with zero attached hydrogens (tertiary/aromatic N) is 1. The number of hydrogen-bond acceptors (Lipinski definition) is 5. The number of likely N-dealkylation sites (tertiary alicyclic amines) is 1. The molecular formula is C25H33NO4S. The van der Waals surface area contributed by atoms with Crippen molar-refractivity contribution >= 4 is 15.8 Å². The predicted octanol–water partition coefficient (Wildman–Crippen LogP) is 4.50. The van der Waals surface area contributed by atoms with E-state index in [4.69, 9.17) is 4.74 Å². The van der Waals surface area contributed by atoms with Gasteiger partial charge in [0.25, 0.3) is 0 Å². The third-order valence-corrected chi connectivity index (χ3v) is 8.63. The van der Waals surface area contributed by atoms with Gasteiger partial charge in [-0.25, -0.2) is 8.42 Å². The van der Waals surface area contributed by atoms with Crippen LogP contribution in [-0.2, 0) is 19.4 Å². The summed E-state index contributed by atoms with van der Waals surface area (Å²) in [4.78, 5) is 15.4. The summed E-state index contributed by atoms with van der Waals surface area (Å²) >= 11 is 0. The molecule has 168 valence electrons. The molecule has 6 heteroatoms. The minimum atomic E-state index is -3.60. The second kappa shape index (κ2) is 9.96. The number of ether oxygens (including phenoxy) is 1. The van der Waals surface area contributed by atoms with Crippen molar-refractivity contribution in [2.24, 2.45) is 11.8 Å². The SMILES string of the molecule is COC(=O)[C@@H]1[C@H](C(CC(C)C)S(=O)(=O)c2ccccc2)CCN1[C@@H](C)c1ccccc1. The van der Waals surface area contributed by atoms with Gasteiger partial charge in [-0.05, 0) is 49.9 Å². The van der Waals surface area contributed by atoms with E-state index in [9.17, 15) is 13.2 Å². The zero-order chi connectivity index (χ0) is 22.6. The van der Waals surface area contributed by atoms with Crippen molar-refractivity contribution in [3.63, 3.8) is 0 Å². The van der Waals surface area contributed by atoms with Gasteiger partial charge >= 0.3 is 5.97 Å². The fourth-order valence-corrected chi connectivity index (χ4v) is 7.07. The summed E-state index contributed by atoms with van der Waals surface area (Å²) in [5, 5.41) is -0.646. The summed E-state index contributed by atoms with van der Waals surface area (Å²) in [7, 11) is -2.22. The van der Waals surface area contributed by atoms with Gasteiger partial charge in [-0.15, -0.1) is 0 Å². The Morgan fingerprint density at radius 1 is 1.03 bits per heavy atom. The number of rotatable bonds is 8. The second-order valence-corrected chi connectivity index (χ2v) is 10.9. The van der Waals surface area contributed by atoms with E-state index in [2.05, 4.69) is 11.8 Å². The molecular weight excluding hydrogens is 410 g/mol. The van der Waals surface area contributed by atoms with E-state index in [-0.39, 0.29) is 23.8 Å². The van der Waals surface area contributed by atoms with Crippen LogP contribution in [-0.4, -0.2) is 44.2 Å². The zero-order valence-electron chi connectivity index (χ0n) is 18.8. The summed E-state index contributed by atoms with van der Waals surface area (Å²) in [5.41, 5.74) is 1.10. The van der Waals surface area contributed by atoms with Crippen LogP contribution in [0.1, 0.15) is 45.2 Å². The fraction of sp³-hybridized carbons (Fsp3) is 0.480. The Balaban J connectivity index is 2.01. The Bertz CT molecular complexity index is 960. The van der Waals surface area contributed by atoms with Gasteiger partial charge in [0.05, 0.1) is 17.3 Å². The molecule has 1 aliphatic heterocycles. The molecule has 1 unspecified atom stereocenters. The molecule has 0 saturated carbocycles. The smallest absolute Gasteiger partial charge is 0.323 e. The van der Waals surface area contributed by atoms with E-state index in [1.807, 2.05) is 50.2 Å². The maximum Gasteiger partial charge on any atom is 0.323 e. The van der Waals surface area contributed by atoms with Crippen LogP contribution in [0, 0.1) is 11.8 Å². The molecule has 1 aliphatic rings. The third-order valence-electron chi connectivity index (χ3n) is 6.36. The highest BCUT2D eigenvalue weighted by Crippen LogP contribution is 2.40. The topological polar surface area (TPSA) is 63.7 Å². The van der Waals surface area contributed by atoms with Gasteiger partial charge in [0.1, 0.15) is 6.04 Å². The van der Waals surface area contributed by atoms with Crippen LogP contribution in [0.4, 0.5) is 0 Å². The lowest BCUT2D eigenvalue weighted by Crippen LogP contribution is -2.47. The lowest BCUT2D eigenvalue weighted by molar-refractivity contribution is -0.148. The molecule has 0 aromatic heterocycles. The molecule has 0 aliphatic carbocycles. The molecule has 0 radical (unpaired) electrons. The standard InChI is InChI=1S/C25H33NO4S/c1-18(2)17-23(31(28,29)21-13-9-6-10-14-21)22-15-16-26(24(22)25(27)30-4)19(3)20-11-7-5-8-12-20/h5-14,18-19,22-24H,15-17H2,1-4H3/t19-,22-,23?,24-/m0/s1. The van der Waals surface area contributed by atoms with Crippen LogP contribution in [0.3, 0.4) is 0 Å². The number of carbonyl (C=O) groups is 1. The maximum atomic E-state index is 13.7. The first-order chi connectivity index (χ1) is 14.8. The van der Waals surface area contributed by atoms with Gasteiger partial charge < -0.3 is 4.74 Å². The van der Waals surface area contributed by atoms with E-state index in [1.165, 1.54) is 7.11 Å². The van der Waals surface area contributed by atoms with Gasteiger partial charge in [0, 0.05) is 12.0 Å². The van der Waals surface area contributed by atoms with Crippen LogP contribution < -0.4 is 0 Å². The monoisotopic (exact) mass is 443 g/mol. The molecule has 2 aromatic carbocycles. The first kappa shape index (κ1) is 23.5. The first-order valence-corrected chi connectivity index (χ1v) is 12.5.